The van der Waals surface area contributed by atoms with Crippen molar-refractivity contribution >= 4 is 0 Å². The fourth-order valence-corrected chi connectivity index (χ4v) is 1.92. The highest BCUT2D eigenvalue weighted by molar-refractivity contribution is 4.82. The van der Waals surface area contributed by atoms with Crippen molar-refractivity contribution in [3.05, 3.63) is 0 Å². The van der Waals surface area contributed by atoms with Crippen LogP contribution in [0.1, 0.15) is 33.1 Å². The number of aliphatic hydroxyl groups is 2. The van der Waals surface area contributed by atoms with E-state index in [1.807, 2.05) is 0 Å². The molecule has 3 atom stereocenters. The number of hydrogen-bond acceptors (Lipinski definition) is 2. The van der Waals surface area contributed by atoms with Crippen LogP contribution in [0, 0.1) is 11.8 Å². The molecule has 1 saturated carbocycles. The fraction of sp³-hybridized carbons (Fsp3) is 1.00. The zero-order valence-electron chi connectivity index (χ0n) is 7.33. The van der Waals surface area contributed by atoms with Gasteiger partial charge >= 0.3 is 0 Å². The molecule has 1 rings (SSSR count). The highest BCUT2D eigenvalue weighted by Crippen LogP contribution is 2.30. The molecule has 2 heteroatoms. The first-order valence-electron chi connectivity index (χ1n) is 4.49. The normalized spacial score (nSPS) is 39.5. The Bertz CT molecular complexity index is 123. The first-order valence-corrected chi connectivity index (χ1v) is 4.49. The third kappa shape index (κ3) is 1.94. The molecule has 0 heterocycles. The van der Waals surface area contributed by atoms with Crippen molar-refractivity contribution in [1.29, 1.82) is 0 Å². The molecule has 2 N–H and O–H groups in total. The Morgan fingerprint density at radius 1 is 1.18 bits per heavy atom. The van der Waals surface area contributed by atoms with Crippen molar-refractivity contribution in [1.82, 2.24) is 0 Å². The van der Waals surface area contributed by atoms with E-state index >= 15 is 0 Å². The molecule has 0 amide bonds. The molecule has 1 aliphatic carbocycles. The van der Waals surface area contributed by atoms with Crippen LogP contribution in [0.5, 0.6) is 0 Å². The minimum Gasteiger partial charge on any atom is -0.390 e. The van der Waals surface area contributed by atoms with E-state index in [2.05, 4.69) is 13.8 Å². The van der Waals surface area contributed by atoms with Crippen molar-refractivity contribution in [3.63, 3.8) is 0 Å². The van der Waals surface area contributed by atoms with Crippen molar-refractivity contribution in [2.24, 2.45) is 11.8 Å². The van der Waals surface area contributed by atoms with E-state index in [1.165, 1.54) is 0 Å². The lowest BCUT2D eigenvalue weighted by Gasteiger charge is -2.34. The monoisotopic (exact) mass is 158 g/mol. The summed E-state index contributed by atoms with van der Waals surface area (Å²) in [5, 5.41) is 18.9. The zero-order chi connectivity index (χ0) is 8.43. The molecule has 0 spiro atoms. The van der Waals surface area contributed by atoms with Crippen LogP contribution in [0.15, 0.2) is 0 Å². The molecule has 0 bridgehead atoms. The van der Waals surface area contributed by atoms with Gasteiger partial charge in [0.05, 0.1) is 12.2 Å². The molecular formula is C9H18O2. The molecule has 0 radical (unpaired) electrons. The van der Waals surface area contributed by atoms with Gasteiger partial charge in [0, 0.05) is 0 Å². The fourth-order valence-electron chi connectivity index (χ4n) is 1.92. The Morgan fingerprint density at radius 3 is 2.27 bits per heavy atom. The number of hydrogen-bond donors (Lipinski definition) is 2. The standard InChI is InChI=1S/C9H18O2/c1-6(2)7-4-3-5-8(10)9(7)11/h6-11H,3-5H2,1-2H3/t7-,8+,9-/m1/s1. The van der Waals surface area contributed by atoms with Gasteiger partial charge in [-0.1, -0.05) is 20.3 Å². The number of rotatable bonds is 1. The average molecular weight is 158 g/mol. The SMILES string of the molecule is CC(C)[C@H]1CCC[C@H](O)[C@@H]1O. The predicted molar refractivity (Wildman–Crippen MR) is 44.2 cm³/mol. The lowest BCUT2D eigenvalue weighted by Crippen LogP contribution is -2.39. The second-order valence-corrected chi connectivity index (χ2v) is 3.90. The van der Waals surface area contributed by atoms with Crippen LogP contribution in [0.3, 0.4) is 0 Å². The Morgan fingerprint density at radius 2 is 1.82 bits per heavy atom. The number of aliphatic hydroxyl groups excluding tert-OH is 2. The summed E-state index contributed by atoms with van der Waals surface area (Å²) in [7, 11) is 0. The predicted octanol–water partition coefficient (Wildman–Crippen LogP) is 1.16. The second kappa shape index (κ2) is 3.55. The van der Waals surface area contributed by atoms with Gasteiger partial charge < -0.3 is 10.2 Å². The Balaban J connectivity index is 2.51. The highest BCUT2D eigenvalue weighted by Gasteiger charge is 2.31. The molecule has 0 saturated heterocycles. The molecule has 0 aromatic heterocycles. The molecular weight excluding hydrogens is 140 g/mol. The van der Waals surface area contributed by atoms with E-state index in [1.54, 1.807) is 0 Å². The van der Waals surface area contributed by atoms with Gasteiger partial charge in [0.15, 0.2) is 0 Å². The summed E-state index contributed by atoms with van der Waals surface area (Å²) >= 11 is 0. The van der Waals surface area contributed by atoms with Crippen molar-refractivity contribution < 1.29 is 10.2 Å². The van der Waals surface area contributed by atoms with Crippen LogP contribution >= 0.6 is 0 Å². The van der Waals surface area contributed by atoms with Crippen molar-refractivity contribution in [2.75, 3.05) is 0 Å². The highest BCUT2D eigenvalue weighted by atomic mass is 16.3. The van der Waals surface area contributed by atoms with Crippen LogP contribution in [0.25, 0.3) is 0 Å². The Labute approximate surface area is 68.2 Å². The van der Waals surface area contributed by atoms with Crippen LogP contribution in [0.2, 0.25) is 0 Å². The first kappa shape index (κ1) is 9.01. The van der Waals surface area contributed by atoms with Crippen LogP contribution in [0.4, 0.5) is 0 Å². The summed E-state index contributed by atoms with van der Waals surface area (Å²) in [5.41, 5.74) is 0. The first-order chi connectivity index (χ1) is 5.13. The van der Waals surface area contributed by atoms with Gasteiger partial charge in [0.25, 0.3) is 0 Å². The molecule has 0 aromatic carbocycles. The Kier molecular flexibility index (Phi) is 2.90. The summed E-state index contributed by atoms with van der Waals surface area (Å²) < 4.78 is 0. The maximum absolute atomic E-state index is 9.56. The van der Waals surface area contributed by atoms with Crippen molar-refractivity contribution in [2.45, 2.75) is 45.3 Å². The minimum atomic E-state index is -0.483. The van der Waals surface area contributed by atoms with E-state index in [4.69, 9.17) is 0 Å². The van der Waals surface area contributed by atoms with Crippen LogP contribution < -0.4 is 0 Å². The maximum atomic E-state index is 9.56. The van der Waals surface area contributed by atoms with Crippen LogP contribution in [-0.4, -0.2) is 22.4 Å². The largest absolute Gasteiger partial charge is 0.390 e. The van der Waals surface area contributed by atoms with Gasteiger partial charge in [-0.2, -0.15) is 0 Å². The smallest absolute Gasteiger partial charge is 0.0829 e. The summed E-state index contributed by atoms with van der Waals surface area (Å²) in [6.07, 6.45) is 1.93. The van der Waals surface area contributed by atoms with Crippen molar-refractivity contribution in [3.8, 4) is 0 Å². The molecule has 2 nitrogen and oxygen atoms in total. The molecule has 66 valence electrons. The van der Waals surface area contributed by atoms with Gasteiger partial charge in [-0.3, -0.25) is 0 Å². The molecule has 0 aliphatic heterocycles. The van der Waals surface area contributed by atoms with Crippen LogP contribution in [-0.2, 0) is 0 Å². The van der Waals surface area contributed by atoms with Gasteiger partial charge in [-0.25, -0.2) is 0 Å². The minimum absolute atomic E-state index is 0.304. The summed E-state index contributed by atoms with van der Waals surface area (Å²) in [4.78, 5) is 0. The summed E-state index contributed by atoms with van der Waals surface area (Å²) in [5.74, 6) is 0.790. The third-order valence-electron chi connectivity index (χ3n) is 2.73. The average Bonchev–Trinajstić information content (AvgIpc) is 1.94. The molecule has 11 heavy (non-hydrogen) atoms. The van der Waals surface area contributed by atoms with Gasteiger partial charge in [-0.05, 0) is 24.7 Å². The van der Waals surface area contributed by atoms with Gasteiger partial charge in [-0.15, -0.1) is 0 Å². The quantitative estimate of drug-likeness (QED) is 0.601. The lowest BCUT2D eigenvalue weighted by molar-refractivity contribution is -0.0573. The molecule has 0 aromatic rings. The molecule has 1 aliphatic rings. The Hall–Kier alpha value is -0.0800. The van der Waals surface area contributed by atoms with E-state index < -0.39 is 12.2 Å². The van der Waals surface area contributed by atoms with E-state index in [0.29, 0.717) is 11.8 Å². The maximum Gasteiger partial charge on any atom is 0.0829 e. The summed E-state index contributed by atoms with van der Waals surface area (Å²) in [6.45, 7) is 4.21. The third-order valence-corrected chi connectivity index (χ3v) is 2.73. The van der Waals surface area contributed by atoms with E-state index in [0.717, 1.165) is 19.3 Å². The summed E-state index contributed by atoms with van der Waals surface area (Å²) in [6, 6.07) is 0. The van der Waals surface area contributed by atoms with Gasteiger partial charge in [0.2, 0.25) is 0 Å². The zero-order valence-corrected chi connectivity index (χ0v) is 7.33. The van der Waals surface area contributed by atoms with E-state index in [-0.39, 0.29) is 0 Å². The topological polar surface area (TPSA) is 40.5 Å². The van der Waals surface area contributed by atoms with Gasteiger partial charge in [0.1, 0.15) is 0 Å². The molecule has 0 unspecified atom stereocenters. The lowest BCUT2D eigenvalue weighted by atomic mass is 9.78. The van der Waals surface area contributed by atoms with E-state index in [9.17, 15) is 10.2 Å². The molecule has 1 fully saturated rings. The second-order valence-electron chi connectivity index (χ2n) is 3.90.